The predicted molar refractivity (Wildman–Crippen MR) is 177 cm³/mol. The number of aromatic nitrogens is 4. The Hall–Kier alpha value is -5.07. The molecule has 0 unspecified atom stereocenters. The number of hydrogen-bond donors (Lipinski definition) is 1. The van der Waals surface area contributed by atoms with Crippen molar-refractivity contribution in [2.45, 2.75) is 51.0 Å². The van der Waals surface area contributed by atoms with Crippen LogP contribution in [-0.4, -0.2) is 46.2 Å². The Bertz CT molecular complexity index is 2000. The van der Waals surface area contributed by atoms with E-state index in [0.29, 0.717) is 58.0 Å². The highest BCUT2D eigenvalue weighted by molar-refractivity contribution is 7.89. The van der Waals surface area contributed by atoms with E-state index in [2.05, 4.69) is 9.97 Å². The minimum absolute atomic E-state index is 0.0122. The zero-order chi connectivity index (χ0) is 33.6. The number of nitrogens with zero attached hydrogens (tertiary/aromatic N) is 5. The maximum absolute atomic E-state index is 15.7. The van der Waals surface area contributed by atoms with Crippen LogP contribution < -0.4 is 10.0 Å². The van der Waals surface area contributed by atoms with E-state index < -0.39 is 15.8 Å². The van der Waals surface area contributed by atoms with Gasteiger partial charge >= 0.3 is 0 Å². The van der Waals surface area contributed by atoms with Crippen molar-refractivity contribution in [1.29, 1.82) is 0 Å². The summed E-state index contributed by atoms with van der Waals surface area (Å²) in [6, 6.07) is 17.4. The molecule has 5 rings (SSSR count). The van der Waals surface area contributed by atoms with Crippen molar-refractivity contribution in [1.82, 2.24) is 19.5 Å². The number of ketones is 1. The summed E-state index contributed by atoms with van der Waals surface area (Å²) >= 11 is 0. The van der Waals surface area contributed by atoms with Crippen molar-refractivity contribution < 1.29 is 22.4 Å². The van der Waals surface area contributed by atoms with Crippen molar-refractivity contribution in [2.24, 2.45) is 5.14 Å². The number of halogens is 1. The maximum Gasteiger partial charge on any atom is 0.258 e. The smallest absolute Gasteiger partial charge is 0.258 e. The summed E-state index contributed by atoms with van der Waals surface area (Å²) in [6.07, 6.45) is 8.05. The molecule has 3 aromatic heterocycles. The second-order valence-corrected chi connectivity index (χ2v) is 12.5. The van der Waals surface area contributed by atoms with E-state index in [0.717, 1.165) is 6.42 Å². The molecule has 12 heteroatoms. The van der Waals surface area contributed by atoms with Gasteiger partial charge in [-0.15, -0.1) is 0 Å². The molecule has 0 aliphatic rings. The molecule has 2 aromatic carbocycles. The van der Waals surface area contributed by atoms with Gasteiger partial charge in [0.1, 0.15) is 17.3 Å². The topological polar surface area (TPSA) is 141 Å². The number of sulfonamides is 1. The lowest BCUT2D eigenvalue weighted by molar-refractivity contribution is 0.0961. The van der Waals surface area contributed by atoms with Crippen LogP contribution in [0.15, 0.2) is 96.4 Å². The summed E-state index contributed by atoms with van der Waals surface area (Å²) in [5.74, 6) is -0.430. The SMILES string of the molecule is CCCc1nc(CC)c(C(=O)CCN(C(=O)c2ccncc2)c2cccnc2)n1Cc1ccc(-c2ccccc2S(N)(=O)=O)cc1F. The normalized spacial score (nSPS) is 11.4. The number of rotatable bonds is 13. The highest BCUT2D eigenvalue weighted by Crippen LogP contribution is 2.29. The number of carbonyl (C=O) groups is 2. The zero-order valence-corrected chi connectivity index (χ0v) is 27.0. The van der Waals surface area contributed by atoms with Gasteiger partial charge in [-0.1, -0.05) is 44.2 Å². The zero-order valence-electron chi connectivity index (χ0n) is 26.1. The highest BCUT2D eigenvalue weighted by Gasteiger charge is 2.25. The number of imidazole rings is 1. The van der Waals surface area contributed by atoms with Crippen LogP contribution in [0, 0.1) is 5.82 Å². The van der Waals surface area contributed by atoms with Gasteiger partial charge in [-0.05, 0) is 54.8 Å². The summed E-state index contributed by atoms with van der Waals surface area (Å²) in [5.41, 5.74) is 2.90. The van der Waals surface area contributed by atoms with Crippen LogP contribution in [0.2, 0.25) is 0 Å². The fourth-order valence-corrected chi connectivity index (χ4v) is 6.27. The van der Waals surface area contributed by atoms with Gasteiger partial charge in [-0.2, -0.15) is 0 Å². The number of benzene rings is 2. The molecular weight excluding hydrogens is 619 g/mol. The molecule has 0 aliphatic heterocycles. The van der Waals surface area contributed by atoms with Gasteiger partial charge in [0.15, 0.2) is 5.78 Å². The molecule has 5 aromatic rings. The number of pyridine rings is 2. The van der Waals surface area contributed by atoms with E-state index in [9.17, 15) is 18.0 Å². The molecule has 2 N–H and O–H groups in total. The third kappa shape index (κ3) is 7.50. The molecule has 0 saturated carbocycles. The first-order valence-corrected chi connectivity index (χ1v) is 16.8. The largest absolute Gasteiger partial charge is 0.321 e. The first kappa shape index (κ1) is 33.3. The van der Waals surface area contributed by atoms with Crippen molar-refractivity contribution in [3.05, 3.63) is 126 Å². The van der Waals surface area contributed by atoms with Gasteiger partial charge < -0.3 is 9.47 Å². The number of carbonyl (C=O) groups excluding carboxylic acids is 2. The van der Waals surface area contributed by atoms with Crippen LogP contribution in [0.25, 0.3) is 11.1 Å². The van der Waals surface area contributed by atoms with Crippen molar-refractivity contribution in [3.8, 4) is 11.1 Å². The van der Waals surface area contributed by atoms with E-state index >= 15 is 4.39 Å². The molecule has 0 saturated heterocycles. The Morgan fingerprint density at radius 3 is 2.38 bits per heavy atom. The average Bonchev–Trinajstić information content (AvgIpc) is 3.43. The fraction of sp³-hybridized carbons (Fsp3) is 0.229. The highest BCUT2D eigenvalue weighted by atomic mass is 32.2. The number of Topliss-reactive ketones (excluding diaryl/α,β-unsaturated/α-hetero) is 1. The average molecular weight is 655 g/mol. The molecular formula is C35H35FN6O4S. The molecule has 242 valence electrons. The molecule has 0 aliphatic carbocycles. The van der Waals surface area contributed by atoms with Gasteiger partial charge in [-0.3, -0.25) is 19.6 Å². The first-order valence-electron chi connectivity index (χ1n) is 15.3. The van der Waals surface area contributed by atoms with Crippen molar-refractivity contribution in [2.75, 3.05) is 11.4 Å². The van der Waals surface area contributed by atoms with Crippen molar-refractivity contribution >= 4 is 27.4 Å². The second-order valence-electron chi connectivity index (χ2n) is 10.9. The Labute approximate surface area is 273 Å². The number of amides is 1. The van der Waals surface area contributed by atoms with E-state index in [4.69, 9.17) is 10.1 Å². The van der Waals surface area contributed by atoms with Gasteiger partial charge in [-0.25, -0.2) is 22.9 Å². The summed E-state index contributed by atoms with van der Waals surface area (Å²) in [5, 5.41) is 5.40. The molecule has 0 radical (unpaired) electrons. The Morgan fingerprint density at radius 1 is 0.957 bits per heavy atom. The van der Waals surface area contributed by atoms with Crippen LogP contribution in [-0.2, 0) is 29.4 Å². The first-order chi connectivity index (χ1) is 22.6. The summed E-state index contributed by atoms with van der Waals surface area (Å²) in [4.78, 5) is 41.9. The molecule has 0 spiro atoms. The summed E-state index contributed by atoms with van der Waals surface area (Å²) in [6.45, 7) is 4.03. The van der Waals surface area contributed by atoms with Gasteiger partial charge in [0, 0.05) is 54.7 Å². The Balaban J connectivity index is 1.47. The van der Waals surface area contributed by atoms with Crippen LogP contribution in [0.1, 0.15) is 64.6 Å². The van der Waals surface area contributed by atoms with Gasteiger partial charge in [0.2, 0.25) is 10.0 Å². The molecule has 3 heterocycles. The molecule has 10 nitrogen and oxygen atoms in total. The number of hydrogen-bond acceptors (Lipinski definition) is 7. The molecule has 0 bridgehead atoms. The third-order valence-corrected chi connectivity index (χ3v) is 8.74. The van der Waals surface area contributed by atoms with E-state index in [1.165, 1.54) is 29.4 Å². The quantitative estimate of drug-likeness (QED) is 0.163. The minimum atomic E-state index is -4.03. The summed E-state index contributed by atoms with van der Waals surface area (Å²) < 4.78 is 41.8. The molecule has 1 amide bonds. The molecule has 47 heavy (non-hydrogen) atoms. The lowest BCUT2D eigenvalue weighted by atomic mass is 10.0. The van der Waals surface area contributed by atoms with Gasteiger partial charge in [0.05, 0.1) is 29.0 Å². The monoisotopic (exact) mass is 654 g/mol. The fourth-order valence-electron chi connectivity index (χ4n) is 5.51. The Kier molecular flexibility index (Phi) is 10.3. The molecule has 0 atom stereocenters. The van der Waals surface area contributed by atoms with E-state index in [1.807, 2.05) is 13.8 Å². The van der Waals surface area contributed by atoms with Crippen LogP contribution >= 0.6 is 0 Å². The Morgan fingerprint density at radius 2 is 1.72 bits per heavy atom. The van der Waals surface area contributed by atoms with E-state index in [1.54, 1.807) is 71.6 Å². The number of aryl methyl sites for hydroxylation is 2. The lowest BCUT2D eigenvalue weighted by Gasteiger charge is -2.22. The number of primary sulfonamides is 1. The predicted octanol–water partition coefficient (Wildman–Crippen LogP) is 5.61. The lowest BCUT2D eigenvalue weighted by Crippen LogP contribution is -2.33. The van der Waals surface area contributed by atoms with Crippen LogP contribution in [0.5, 0.6) is 0 Å². The maximum atomic E-state index is 15.7. The second kappa shape index (κ2) is 14.6. The van der Waals surface area contributed by atoms with E-state index in [-0.39, 0.29) is 36.1 Å². The van der Waals surface area contributed by atoms with Crippen LogP contribution in [0.3, 0.4) is 0 Å². The standard InChI is InChI=1S/C35H35FN6O4S/c1-3-8-33-40-30(4-2)34(31(43)16-20-41(27-9-7-17-39-22-27)35(44)24-14-18-38-19-15-24)42(33)23-26-13-12-25(21-29(26)36)28-10-5-6-11-32(28)47(37,45)46/h5-7,9-15,17-19,21-22H,3-4,8,16,20,23H2,1-2H3,(H2,37,45,46). The van der Waals surface area contributed by atoms with Crippen LogP contribution in [0.4, 0.5) is 10.1 Å². The number of nitrogens with two attached hydrogens (primary N) is 1. The molecule has 0 fully saturated rings. The number of anilines is 1. The third-order valence-electron chi connectivity index (χ3n) is 7.77. The summed E-state index contributed by atoms with van der Waals surface area (Å²) in [7, 11) is -4.03. The minimum Gasteiger partial charge on any atom is -0.321 e. The van der Waals surface area contributed by atoms with Gasteiger partial charge in [0.25, 0.3) is 5.91 Å². The van der Waals surface area contributed by atoms with Crippen molar-refractivity contribution in [3.63, 3.8) is 0 Å².